The summed E-state index contributed by atoms with van der Waals surface area (Å²) in [6.45, 7) is 11.8. The zero-order valence-corrected chi connectivity index (χ0v) is 19.1. The number of ether oxygens (including phenoxy) is 1. The fraction of sp³-hybridized carbons (Fsp3) is 0.591. The van der Waals surface area contributed by atoms with Gasteiger partial charge in [-0.25, -0.2) is 0 Å². The molecule has 0 saturated heterocycles. The van der Waals surface area contributed by atoms with Crippen molar-refractivity contribution in [3.8, 4) is 5.75 Å². The van der Waals surface area contributed by atoms with E-state index in [4.69, 9.17) is 4.74 Å². The summed E-state index contributed by atoms with van der Waals surface area (Å²) >= 11 is 1.43. The van der Waals surface area contributed by atoms with E-state index < -0.39 is 0 Å². The van der Waals surface area contributed by atoms with Crippen LogP contribution in [0.3, 0.4) is 0 Å². The van der Waals surface area contributed by atoms with Crippen molar-refractivity contribution in [1.29, 1.82) is 0 Å². The molecule has 0 aliphatic carbocycles. The Morgan fingerprint density at radius 2 is 1.83 bits per heavy atom. The highest BCUT2D eigenvalue weighted by molar-refractivity contribution is 7.99. The Hall–Kier alpha value is -2.02. The second-order valence-electron chi connectivity index (χ2n) is 7.56. The lowest BCUT2D eigenvalue weighted by molar-refractivity contribution is -0.119. The van der Waals surface area contributed by atoms with Crippen molar-refractivity contribution < 1.29 is 9.53 Å². The van der Waals surface area contributed by atoms with Crippen LogP contribution < -0.4 is 10.1 Å². The summed E-state index contributed by atoms with van der Waals surface area (Å²) in [6.07, 6.45) is 2.89. The lowest BCUT2D eigenvalue weighted by Gasteiger charge is -2.15. The third-order valence-electron chi connectivity index (χ3n) is 4.72. The molecule has 0 bridgehead atoms. The molecule has 0 radical (unpaired) electrons. The molecule has 1 N–H and O–H groups in total. The van der Waals surface area contributed by atoms with E-state index in [-0.39, 0.29) is 11.9 Å². The van der Waals surface area contributed by atoms with Gasteiger partial charge in [-0.3, -0.25) is 4.79 Å². The molecular weight excluding hydrogens is 384 g/mol. The van der Waals surface area contributed by atoms with Crippen LogP contribution in [-0.2, 0) is 24.4 Å². The van der Waals surface area contributed by atoms with Crippen LogP contribution in [-0.4, -0.2) is 32.5 Å². The van der Waals surface area contributed by atoms with Gasteiger partial charge in [0.05, 0.1) is 5.75 Å². The zero-order valence-electron chi connectivity index (χ0n) is 18.3. The number of thioether (sulfide) groups is 1. The van der Waals surface area contributed by atoms with Gasteiger partial charge in [0.15, 0.2) is 11.0 Å². The third kappa shape index (κ3) is 7.38. The summed E-state index contributed by atoms with van der Waals surface area (Å²) in [7, 11) is 0. The normalized spacial score (nSPS) is 11.3. The quantitative estimate of drug-likeness (QED) is 0.515. The Kier molecular flexibility index (Phi) is 9.51. The average molecular weight is 419 g/mol. The lowest BCUT2D eigenvalue weighted by atomic mass is 10.2. The van der Waals surface area contributed by atoms with Crippen molar-refractivity contribution in [2.75, 3.05) is 5.75 Å². The van der Waals surface area contributed by atoms with Crippen LogP contribution in [0.4, 0.5) is 0 Å². The highest BCUT2D eigenvalue weighted by atomic mass is 32.2. The van der Waals surface area contributed by atoms with E-state index in [0.717, 1.165) is 42.5 Å². The molecule has 7 heteroatoms. The van der Waals surface area contributed by atoms with Crippen molar-refractivity contribution in [2.24, 2.45) is 5.92 Å². The molecular formula is C22H34N4O2S. The SMILES string of the molecule is CCc1ccc(OCc2nnc(SCC(=O)NC(CC)CC)n2CC(C)C)cc1. The minimum atomic E-state index is 0.0385. The largest absolute Gasteiger partial charge is 0.486 e. The minimum Gasteiger partial charge on any atom is -0.486 e. The summed E-state index contributed by atoms with van der Waals surface area (Å²) in [6, 6.07) is 8.36. The number of rotatable bonds is 12. The first-order valence-electron chi connectivity index (χ1n) is 10.5. The molecule has 2 aromatic rings. The summed E-state index contributed by atoms with van der Waals surface area (Å²) in [5.41, 5.74) is 1.28. The van der Waals surface area contributed by atoms with Crippen LogP contribution in [0.1, 0.15) is 58.8 Å². The van der Waals surface area contributed by atoms with Gasteiger partial charge in [0.1, 0.15) is 12.4 Å². The predicted molar refractivity (Wildman–Crippen MR) is 118 cm³/mol. The molecule has 6 nitrogen and oxygen atoms in total. The van der Waals surface area contributed by atoms with Crippen molar-refractivity contribution in [3.63, 3.8) is 0 Å². The van der Waals surface area contributed by atoms with Gasteiger partial charge in [-0.1, -0.05) is 58.5 Å². The number of hydrogen-bond donors (Lipinski definition) is 1. The Bertz CT molecular complexity index is 755. The van der Waals surface area contributed by atoms with Crippen LogP contribution in [0, 0.1) is 5.92 Å². The molecule has 0 aliphatic rings. The predicted octanol–water partition coefficient (Wildman–Crippen LogP) is 4.47. The number of nitrogens with zero attached hydrogens (tertiary/aromatic N) is 3. The maximum atomic E-state index is 12.2. The van der Waals surface area contributed by atoms with Crippen LogP contribution in [0.15, 0.2) is 29.4 Å². The molecule has 2 rings (SSSR count). The molecule has 29 heavy (non-hydrogen) atoms. The first kappa shape index (κ1) is 23.3. The molecule has 1 aromatic heterocycles. The lowest BCUT2D eigenvalue weighted by Crippen LogP contribution is -2.35. The fourth-order valence-corrected chi connectivity index (χ4v) is 3.72. The highest BCUT2D eigenvalue weighted by Crippen LogP contribution is 2.20. The molecule has 0 fully saturated rings. The molecule has 0 aliphatic heterocycles. The topological polar surface area (TPSA) is 69.0 Å². The molecule has 0 unspecified atom stereocenters. The first-order chi connectivity index (χ1) is 14.0. The van der Waals surface area contributed by atoms with Crippen LogP contribution in [0.25, 0.3) is 0 Å². The second kappa shape index (κ2) is 11.9. The maximum absolute atomic E-state index is 12.2. The van der Waals surface area contributed by atoms with Crippen LogP contribution >= 0.6 is 11.8 Å². The zero-order chi connectivity index (χ0) is 21.2. The van der Waals surface area contributed by atoms with Gasteiger partial charge in [0.25, 0.3) is 0 Å². The molecule has 1 amide bonds. The first-order valence-corrected chi connectivity index (χ1v) is 11.5. The van der Waals surface area contributed by atoms with E-state index in [1.807, 2.05) is 12.1 Å². The minimum absolute atomic E-state index is 0.0385. The van der Waals surface area contributed by atoms with Gasteiger partial charge in [-0.15, -0.1) is 10.2 Å². The van der Waals surface area contributed by atoms with Crippen molar-refractivity contribution >= 4 is 17.7 Å². The number of aryl methyl sites for hydroxylation is 1. The molecule has 0 atom stereocenters. The van der Waals surface area contributed by atoms with E-state index in [1.165, 1.54) is 17.3 Å². The van der Waals surface area contributed by atoms with E-state index in [1.54, 1.807) is 0 Å². The molecule has 1 heterocycles. The summed E-state index contributed by atoms with van der Waals surface area (Å²) in [5.74, 6) is 2.41. The smallest absolute Gasteiger partial charge is 0.230 e. The highest BCUT2D eigenvalue weighted by Gasteiger charge is 2.16. The van der Waals surface area contributed by atoms with E-state index in [0.29, 0.717) is 18.3 Å². The monoisotopic (exact) mass is 418 g/mol. The number of nitrogens with one attached hydrogen (secondary N) is 1. The van der Waals surface area contributed by atoms with Crippen molar-refractivity contribution in [3.05, 3.63) is 35.7 Å². The van der Waals surface area contributed by atoms with E-state index >= 15 is 0 Å². The summed E-state index contributed by atoms with van der Waals surface area (Å²) in [5, 5.41) is 12.5. The van der Waals surface area contributed by atoms with Gasteiger partial charge in [0, 0.05) is 12.6 Å². The number of aromatic nitrogens is 3. The van der Waals surface area contributed by atoms with Gasteiger partial charge in [-0.05, 0) is 42.9 Å². The Morgan fingerprint density at radius 1 is 1.14 bits per heavy atom. The molecule has 160 valence electrons. The number of benzene rings is 1. The second-order valence-corrected chi connectivity index (χ2v) is 8.50. The van der Waals surface area contributed by atoms with Crippen molar-refractivity contribution in [2.45, 2.75) is 78.2 Å². The Morgan fingerprint density at radius 3 is 2.41 bits per heavy atom. The average Bonchev–Trinajstić information content (AvgIpc) is 3.10. The Balaban J connectivity index is 2.01. The van der Waals surface area contributed by atoms with Crippen LogP contribution in [0.2, 0.25) is 0 Å². The fourth-order valence-electron chi connectivity index (χ4n) is 2.94. The van der Waals surface area contributed by atoms with Gasteiger partial charge in [0.2, 0.25) is 5.91 Å². The number of amides is 1. The molecule has 0 saturated carbocycles. The summed E-state index contributed by atoms with van der Waals surface area (Å²) < 4.78 is 7.99. The van der Waals surface area contributed by atoms with Gasteiger partial charge in [-0.2, -0.15) is 0 Å². The van der Waals surface area contributed by atoms with E-state index in [2.05, 4.69) is 66.8 Å². The van der Waals surface area contributed by atoms with Gasteiger partial charge >= 0.3 is 0 Å². The number of carbonyl (C=O) groups excluding carboxylic acids is 1. The molecule has 1 aromatic carbocycles. The molecule has 0 spiro atoms. The van der Waals surface area contributed by atoms with Crippen molar-refractivity contribution in [1.82, 2.24) is 20.1 Å². The number of hydrogen-bond acceptors (Lipinski definition) is 5. The third-order valence-corrected chi connectivity index (χ3v) is 5.69. The number of carbonyl (C=O) groups is 1. The standard InChI is InChI=1S/C22H34N4O2S/c1-6-17-9-11-19(12-10-17)28-14-20-24-25-22(26(20)13-16(4)5)29-15-21(27)23-18(7-2)8-3/h9-12,16,18H,6-8,13-15H2,1-5H3,(H,23,27). The van der Waals surface area contributed by atoms with Crippen LogP contribution in [0.5, 0.6) is 5.75 Å². The Labute approximate surface area is 178 Å². The maximum Gasteiger partial charge on any atom is 0.230 e. The van der Waals surface area contributed by atoms with E-state index in [9.17, 15) is 4.79 Å². The summed E-state index contributed by atoms with van der Waals surface area (Å²) in [4.78, 5) is 12.2. The van der Waals surface area contributed by atoms with Gasteiger partial charge < -0.3 is 14.6 Å².